The van der Waals surface area contributed by atoms with Crippen molar-refractivity contribution in [1.29, 1.82) is 0 Å². The van der Waals surface area contributed by atoms with Crippen molar-refractivity contribution in [2.45, 2.75) is 26.8 Å². The van der Waals surface area contributed by atoms with E-state index < -0.39 is 0 Å². The van der Waals surface area contributed by atoms with Gasteiger partial charge in [0.15, 0.2) is 0 Å². The Bertz CT molecular complexity index is 471. The van der Waals surface area contributed by atoms with E-state index in [9.17, 15) is 5.11 Å². The molecule has 0 radical (unpaired) electrons. The number of hydrogen-bond acceptors (Lipinski definition) is 2. The Labute approximate surface area is 83.0 Å². The zero-order valence-corrected chi connectivity index (χ0v) is 8.65. The summed E-state index contributed by atoms with van der Waals surface area (Å²) in [5.74, 6) is 0.291. The first kappa shape index (κ1) is 9.06. The first-order valence-electron chi connectivity index (χ1n) is 4.77. The Balaban J connectivity index is 2.79. The van der Waals surface area contributed by atoms with E-state index in [-0.39, 0.29) is 0 Å². The van der Waals surface area contributed by atoms with Crippen LogP contribution in [-0.2, 0) is 0 Å². The number of aryl methyl sites for hydroxylation is 1. The Morgan fingerprint density at radius 2 is 2.07 bits per heavy atom. The molecule has 0 spiro atoms. The second-order valence-electron chi connectivity index (χ2n) is 3.83. The highest BCUT2D eigenvalue weighted by molar-refractivity contribution is 5.83. The molecule has 0 atom stereocenters. The van der Waals surface area contributed by atoms with Gasteiger partial charge in [-0.3, -0.25) is 4.68 Å². The zero-order valence-electron chi connectivity index (χ0n) is 8.65. The van der Waals surface area contributed by atoms with Gasteiger partial charge in [-0.15, -0.1) is 0 Å². The number of nitrogens with zero attached hydrogens (tertiary/aromatic N) is 2. The van der Waals surface area contributed by atoms with Crippen molar-refractivity contribution in [3.63, 3.8) is 0 Å². The van der Waals surface area contributed by atoms with E-state index in [1.54, 1.807) is 12.1 Å². The Kier molecular flexibility index (Phi) is 1.95. The van der Waals surface area contributed by atoms with Crippen LogP contribution in [0.2, 0.25) is 0 Å². The fourth-order valence-electron chi connectivity index (χ4n) is 1.68. The van der Waals surface area contributed by atoms with Crippen LogP contribution in [-0.4, -0.2) is 14.9 Å². The molecule has 0 aliphatic heterocycles. The fourth-order valence-corrected chi connectivity index (χ4v) is 1.68. The van der Waals surface area contributed by atoms with Crippen molar-refractivity contribution in [3.05, 3.63) is 23.9 Å². The quantitative estimate of drug-likeness (QED) is 0.750. The number of hydrogen-bond donors (Lipinski definition) is 1. The van der Waals surface area contributed by atoms with E-state index >= 15 is 0 Å². The molecule has 2 aromatic rings. The lowest BCUT2D eigenvalue weighted by atomic mass is 10.2. The Morgan fingerprint density at radius 1 is 1.36 bits per heavy atom. The van der Waals surface area contributed by atoms with E-state index in [0.717, 1.165) is 16.6 Å². The van der Waals surface area contributed by atoms with Crippen molar-refractivity contribution in [2.75, 3.05) is 0 Å². The average Bonchev–Trinajstić information content (AvgIpc) is 2.43. The number of phenolic OH excluding ortho intramolecular Hbond substituents is 1. The summed E-state index contributed by atoms with van der Waals surface area (Å²) >= 11 is 0. The molecule has 0 saturated carbocycles. The summed E-state index contributed by atoms with van der Waals surface area (Å²) in [6, 6.07) is 5.68. The van der Waals surface area contributed by atoms with Crippen LogP contribution in [0, 0.1) is 6.92 Å². The molecule has 74 valence electrons. The van der Waals surface area contributed by atoms with Gasteiger partial charge in [-0.1, -0.05) is 0 Å². The third-order valence-electron chi connectivity index (χ3n) is 2.36. The van der Waals surface area contributed by atoms with Crippen LogP contribution < -0.4 is 0 Å². The summed E-state index contributed by atoms with van der Waals surface area (Å²) in [6.07, 6.45) is 0. The lowest BCUT2D eigenvalue weighted by molar-refractivity contribution is 0.475. The number of fused-ring (bicyclic) bond motifs is 1. The Morgan fingerprint density at radius 3 is 2.71 bits per heavy atom. The number of aromatic hydroxyl groups is 1. The molecular formula is C11H14N2O. The lowest BCUT2D eigenvalue weighted by Gasteiger charge is -2.06. The van der Waals surface area contributed by atoms with Gasteiger partial charge in [0.1, 0.15) is 5.75 Å². The minimum atomic E-state index is 0.291. The highest BCUT2D eigenvalue weighted by Crippen LogP contribution is 2.24. The van der Waals surface area contributed by atoms with Crippen LogP contribution in [0.1, 0.15) is 25.6 Å². The third kappa shape index (κ3) is 1.25. The van der Waals surface area contributed by atoms with Crippen LogP contribution in [0.4, 0.5) is 0 Å². The molecule has 2 rings (SSSR count). The van der Waals surface area contributed by atoms with E-state index in [2.05, 4.69) is 18.9 Å². The van der Waals surface area contributed by atoms with E-state index in [1.165, 1.54) is 0 Å². The molecule has 0 fully saturated rings. The van der Waals surface area contributed by atoms with Gasteiger partial charge in [0.2, 0.25) is 0 Å². The number of rotatable bonds is 1. The summed E-state index contributed by atoms with van der Waals surface area (Å²) in [7, 11) is 0. The normalized spacial score (nSPS) is 11.4. The minimum Gasteiger partial charge on any atom is -0.508 e. The molecule has 1 heterocycles. The zero-order chi connectivity index (χ0) is 10.3. The molecule has 14 heavy (non-hydrogen) atoms. The van der Waals surface area contributed by atoms with Crippen molar-refractivity contribution >= 4 is 10.9 Å². The SMILES string of the molecule is Cc1nn(C(C)C)c2cc(O)ccc12. The molecule has 3 heteroatoms. The molecule has 0 amide bonds. The van der Waals surface area contributed by atoms with E-state index in [4.69, 9.17) is 0 Å². The monoisotopic (exact) mass is 190 g/mol. The molecule has 0 aliphatic rings. The Hall–Kier alpha value is -1.51. The van der Waals surface area contributed by atoms with Crippen LogP contribution >= 0.6 is 0 Å². The second-order valence-corrected chi connectivity index (χ2v) is 3.83. The molecular weight excluding hydrogens is 176 g/mol. The van der Waals surface area contributed by atoms with Crippen molar-refractivity contribution in [1.82, 2.24) is 9.78 Å². The third-order valence-corrected chi connectivity index (χ3v) is 2.36. The molecule has 1 N–H and O–H groups in total. The molecule has 1 aromatic carbocycles. The van der Waals surface area contributed by atoms with Gasteiger partial charge in [0.05, 0.1) is 11.2 Å². The van der Waals surface area contributed by atoms with Gasteiger partial charge in [0.25, 0.3) is 0 Å². The van der Waals surface area contributed by atoms with E-state index in [1.807, 2.05) is 17.7 Å². The van der Waals surface area contributed by atoms with Crippen molar-refractivity contribution < 1.29 is 5.11 Å². The predicted molar refractivity (Wildman–Crippen MR) is 56.5 cm³/mol. The van der Waals surface area contributed by atoms with Gasteiger partial charge in [0, 0.05) is 17.5 Å². The fraction of sp³-hybridized carbons (Fsp3) is 0.364. The highest BCUT2D eigenvalue weighted by atomic mass is 16.3. The number of phenols is 1. The first-order valence-corrected chi connectivity index (χ1v) is 4.77. The van der Waals surface area contributed by atoms with Crippen LogP contribution in [0.3, 0.4) is 0 Å². The van der Waals surface area contributed by atoms with Gasteiger partial charge < -0.3 is 5.11 Å². The van der Waals surface area contributed by atoms with Crippen molar-refractivity contribution in [2.24, 2.45) is 0 Å². The van der Waals surface area contributed by atoms with Crippen LogP contribution in [0.5, 0.6) is 5.75 Å². The standard InChI is InChI=1S/C11H14N2O/c1-7(2)13-11-6-9(14)4-5-10(11)8(3)12-13/h4-7,14H,1-3H3. The smallest absolute Gasteiger partial charge is 0.117 e. The van der Waals surface area contributed by atoms with Gasteiger partial charge in [-0.25, -0.2) is 0 Å². The van der Waals surface area contributed by atoms with Crippen molar-refractivity contribution in [3.8, 4) is 5.75 Å². The minimum absolute atomic E-state index is 0.291. The number of aromatic nitrogens is 2. The lowest BCUT2D eigenvalue weighted by Crippen LogP contribution is -2.02. The summed E-state index contributed by atoms with van der Waals surface area (Å²) in [5.41, 5.74) is 2.01. The largest absolute Gasteiger partial charge is 0.508 e. The van der Waals surface area contributed by atoms with Gasteiger partial charge in [-0.05, 0) is 32.9 Å². The molecule has 3 nitrogen and oxygen atoms in total. The maximum atomic E-state index is 9.40. The van der Waals surface area contributed by atoms with Gasteiger partial charge in [-0.2, -0.15) is 5.10 Å². The van der Waals surface area contributed by atoms with Crippen LogP contribution in [0.15, 0.2) is 18.2 Å². The first-order chi connectivity index (χ1) is 6.59. The maximum absolute atomic E-state index is 9.40. The maximum Gasteiger partial charge on any atom is 0.117 e. The molecule has 0 saturated heterocycles. The summed E-state index contributed by atoms with van der Waals surface area (Å²) in [6.45, 7) is 6.14. The average molecular weight is 190 g/mol. The predicted octanol–water partition coefficient (Wildman–Crippen LogP) is 2.63. The molecule has 1 aromatic heterocycles. The molecule has 0 unspecified atom stereocenters. The summed E-state index contributed by atoms with van der Waals surface area (Å²) in [5, 5.41) is 14.9. The van der Waals surface area contributed by atoms with Gasteiger partial charge >= 0.3 is 0 Å². The summed E-state index contributed by atoms with van der Waals surface area (Å²) in [4.78, 5) is 0. The number of benzene rings is 1. The molecule has 0 bridgehead atoms. The summed E-state index contributed by atoms with van der Waals surface area (Å²) < 4.78 is 1.93. The highest BCUT2D eigenvalue weighted by Gasteiger charge is 2.09. The second kappa shape index (κ2) is 3.01. The van der Waals surface area contributed by atoms with Crippen LogP contribution in [0.25, 0.3) is 10.9 Å². The molecule has 0 aliphatic carbocycles. The topological polar surface area (TPSA) is 38.0 Å². The van der Waals surface area contributed by atoms with E-state index in [0.29, 0.717) is 11.8 Å².